The van der Waals surface area contributed by atoms with Gasteiger partial charge in [-0.05, 0) is 31.0 Å². The van der Waals surface area contributed by atoms with Crippen molar-refractivity contribution >= 4 is 16.6 Å². The van der Waals surface area contributed by atoms with Crippen LogP contribution in [0.15, 0.2) is 48.5 Å². The molecule has 1 N–H and O–H groups in total. The summed E-state index contributed by atoms with van der Waals surface area (Å²) in [6.07, 6.45) is 2.29. The molecule has 0 radical (unpaired) electrons. The summed E-state index contributed by atoms with van der Waals surface area (Å²) in [4.78, 5) is 5.01. The van der Waals surface area contributed by atoms with Crippen molar-refractivity contribution in [1.29, 1.82) is 0 Å². The predicted molar refractivity (Wildman–Crippen MR) is 93.2 cm³/mol. The van der Waals surface area contributed by atoms with Gasteiger partial charge < -0.3 is 5.32 Å². The Morgan fingerprint density at radius 3 is 2.68 bits per heavy atom. The molecule has 1 aliphatic rings. The van der Waals surface area contributed by atoms with E-state index >= 15 is 0 Å². The SMILES string of the molecule is CCCC1Nc2ccccc2-c2nc3ccccc3c(C)c21. The third-order valence-corrected chi connectivity index (χ3v) is 4.64. The first kappa shape index (κ1) is 13.3. The lowest BCUT2D eigenvalue weighted by molar-refractivity contribution is 0.670. The van der Waals surface area contributed by atoms with Crippen molar-refractivity contribution in [3.05, 3.63) is 59.7 Å². The fraction of sp³-hybridized carbons (Fsp3) is 0.250. The molecule has 1 unspecified atom stereocenters. The van der Waals surface area contributed by atoms with E-state index in [9.17, 15) is 0 Å². The lowest BCUT2D eigenvalue weighted by atomic mass is 9.87. The van der Waals surface area contributed by atoms with Crippen molar-refractivity contribution in [2.24, 2.45) is 0 Å². The Morgan fingerprint density at radius 1 is 1.05 bits per heavy atom. The Hall–Kier alpha value is -2.35. The average molecular weight is 288 g/mol. The minimum atomic E-state index is 0.354. The molecule has 2 aromatic carbocycles. The van der Waals surface area contributed by atoms with Gasteiger partial charge in [-0.1, -0.05) is 49.7 Å². The van der Waals surface area contributed by atoms with Gasteiger partial charge in [-0.15, -0.1) is 0 Å². The van der Waals surface area contributed by atoms with Crippen LogP contribution in [0.25, 0.3) is 22.2 Å². The minimum Gasteiger partial charge on any atom is -0.378 e. The first-order valence-electron chi connectivity index (χ1n) is 8.04. The quantitative estimate of drug-likeness (QED) is 0.675. The van der Waals surface area contributed by atoms with Crippen LogP contribution in [-0.4, -0.2) is 4.98 Å². The van der Waals surface area contributed by atoms with Crippen LogP contribution in [-0.2, 0) is 0 Å². The summed E-state index contributed by atoms with van der Waals surface area (Å²) in [6.45, 7) is 4.48. The molecule has 0 amide bonds. The molecule has 0 saturated carbocycles. The second kappa shape index (κ2) is 5.13. The average Bonchev–Trinajstić information content (AvgIpc) is 2.55. The summed E-state index contributed by atoms with van der Waals surface area (Å²) < 4.78 is 0. The van der Waals surface area contributed by atoms with Crippen LogP contribution in [0.2, 0.25) is 0 Å². The molecule has 0 fully saturated rings. The number of benzene rings is 2. The van der Waals surface area contributed by atoms with Gasteiger partial charge >= 0.3 is 0 Å². The van der Waals surface area contributed by atoms with Gasteiger partial charge in [0, 0.05) is 22.2 Å². The van der Waals surface area contributed by atoms with E-state index in [1.807, 2.05) is 0 Å². The number of aryl methyl sites for hydroxylation is 1. The van der Waals surface area contributed by atoms with Gasteiger partial charge in [0.15, 0.2) is 0 Å². The zero-order chi connectivity index (χ0) is 15.1. The number of hydrogen-bond acceptors (Lipinski definition) is 2. The monoisotopic (exact) mass is 288 g/mol. The zero-order valence-electron chi connectivity index (χ0n) is 13.1. The van der Waals surface area contributed by atoms with Crippen molar-refractivity contribution in [3.63, 3.8) is 0 Å². The van der Waals surface area contributed by atoms with Crippen LogP contribution in [0.5, 0.6) is 0 Å². The number of fused-ring (bicyclic) bond motifs is 4. The molecule has 0 bridgehead atoms. The summed E-state index contributed by atoms with van der Waals surface area (Å²) in [7, 11) is 0. The molecule has 110 valence electrons. The number of nitrogens with one attached hydrogen (secondary N) is 1. The number of nitrogens with zero attached hydrogens (tertiary/aromatic N) is 1. The summed E-state index contributed by atoms with van der Waals surface area (Å²) in [5.74, 6) is 0. The predicted octanol–water partition coefficient (Wildman–Crippen LogP) is 5.48. The van der Waals surface area contributed by atoms with Crippen LogP contribution in [0.3, 0.4) is 0 Å². The molecule has 2 nitrogen and oxygen atoms in total. The van der Waals surface area contributed by atoms with Crippen molar-refractivity contribution < 1.29 is 0 Å². The van der Waals surface area contributed by atoms with Crippen LogP contribution in [0.4, 0.5) is 5.69 Å². The Bertz CT molecular complexity index is 851. The second-order valence-corrected chi connectivity index (χ2v) is 6.05. The van der Waals surface area contributed by atoms with E-state index in [1.165, 1.54) is 27.8 Å². The Kier molecular flexibility index (Phi) is 3.11. The van der Waals surface area contributed by atoms with Gasteiger partial charge in [0.05, 0.1) is 17.3 Å². The van der Waals surface area contributed by atoms with E-state index in [0.717, 1.165) is 24.1 Å². The number of anilines is 1. The molecular formula is C20H20N2. The molecule has 2 heteroatoms. The highest BCUT2D eigenvalue weighted by molar-refractivity contribution is 5.91. The van der Waals surface area contributed by atoms with Gasteiger partial charge in [0.2, 0.25) is 0 Å². The highest BCUT2D eigenvalue weighted by Crippen LogP contribution is 2.43. The summed E-state index contributed by atoms with van der Waals surface area (Å²) in [5, 5.41) is 4.99. The highest BCUT2D eigenvalue weighted by atomic mass is 15.0. The van der Waals surface area contributed by atoms with E-state index in [0.29, 0.717) is 6.04 Å². The Balaban J connectivity index is 2.06. The van der Waals surface area contributed by atoms with Crippen molar-refractivity contribution in [2.75, 3.05) is 5.32 Å². The van der Waals surface area contributed by atoms with E-state index in [4.69, 9.17) is 4.98 Å². The van der Waals surface area contributed by atoms with Crippen molar-refractivity contribution in [2.45, 2.75) is 32.7 Å². The van der Waals surface area contributed by atoms with Crippen LogP contribution >= 0.6 is 0 Å². The van der Waals surface area contributed by atoms with Gasteiger partial charge in [-0.2, -0.15) is 0 Å². The van der Waals surface area contributed by atoms with Gasteiger partial charge in [0.25, 0.3) is 0 Å². The fourth-order valence-electron chi connectivity index (χ4n) is 3.60. The number of rotatable bonds is 2. The van der Waals surface area contributed by atoms with Gasteiger partial charge in [-0.3, -0.25) is 0 Å². The topological polar surface area (TPSA) is 24.9 Å². The third kappa shape index (κ3) is 1.91. The van der Waals surface area contributed by atoms with E-state index < -0.39 is 0 Å². The van der Waals surface area contributed by atoms with Gasteiger partial charge in [-0.25, -0.2) is 4.98 Å². The first-order chi connectivity index (χ1) is 10.8. The summed E-state index contributed by atoms with van der Waals surface area (Å²) in [6, 6.07) is 17.3. The number of hydrogen-bond donors (Lipinski definition) is 1. The molecule has 1 aromatic heterocycles. The van der Waals surface area contributed by atoms with Crippen LogP contribution in [0, 0.1) is 6.92 Å². The molecule has 0 spiro atoms. The van der Waals surface area contributed by atoms with Crippen molar-refractivity contribution in [3.8, 4) is 11.3 Å². The molecule has 0 aliphatic carbocycles. The first-order valence-corrected chi connectivity index (χ1v) is 8.04. The molecule has 3 aromatic rings. The molecular weight excluding hydrogens is 268 g/mol. The number of pyridine rings is 1. The number of aromatic nitrogens is 1. The smallest absolute Gasteiger partial charge is 0.0785 e. The Labute approximate surface area is 131 Å². The molecule has 1 aliphatic heterocycles. The largest absolute Gasteiger partial charge is 0.378 e. The normalized spacial score (nSPS) is 16.0. The molecule has 2 heterocycles. The zero-order valence-corrected chi connectivity index (χ0v) is 13.1. The van der Waals surface area contributed by atoms with E-state index in [1.54, 1.807) is 0 Å². The maximum atomic E-state index is 5.01. The highest BCUT2D eigenvalue weighted by Gasteiger charge is 2.27. The minimum absolute atomic E-state index is 0.354. The summed E-state index contributed by atoms with van der Waals surface area (Å²) >= 11 is 0. The lowest BCUT2D eigenvalue weighted by Gasteiger charge is -2.31. The number of para-hydroxylation sites is 2. The van der Waals surface area contributed by atoms with Crippen LogP contribution in [0.1, 0.15) is 36.9 Å². The van der Waals surface area contributed by atoms with E-state index in [2.05, 4.69) is 67.7 Å². The van der Waals surface area contributed by atoms with Crippen molar-refractivity contribution in [1.82, 2.24) is 4.98 Å². The Morgan fingerprint density at radius 2 is 1.82 bits per heavy atom. The lowest BCUT2D eigenvalue weighted by Crippen LogP contribution is -2.19. The summed E-state index contributed by atoms with van der Waals surface area (Å²) in [5.41, 5.74) is 7.41. The maximum Gasteiger partial charge on any atom is 0.0785 e. The molecule has 1 atom stereocenters. The third-order valence-electron chi connectivity index (χ3n) is 4.64. The molecule has 4 rings (SSSR count). The molecule has 22 heavy (non-hydrogen) atoms. The molecule has 0 saturated heterocycles. The van der Waals surface area contributed by atoms with Gasteiger partial charge in [0.1, 0.15) is 0 Å². The van der Waals surface area contributed by atoms with E-state index in [-0.39, 0.29) is 0 Å². The van der Waals surface area contributed by atoms with Crippen LogP contribution < -0.4 is 5.32 Å². The fourth-order valence-corrected chi connectivity index (χ4v) is 3.60. The standard InChI is InChI=1S/C20H20N2/c1-3-8-18-19-13(2)14-9-4-6-11-16(14)22-20(19)15-10-5-7-12-17(15)21-18/h4-7,9-12,18,21H,3,8H2,1-2H3. The second-order valence-electron chi connectivity index (χ2n) is 6.05. The maximum absolute atomic E-state index is 5.01.